The van der Waals surface area contributed by atoms with E-state index in [2.05, 4.69) is 20.4 Å². The van der Waals surface area contributed by atoms with Crippen LogP contribution in [0.25, 0.3) is 11.0 Å². The number of methoxy groups -OCH3 is 1. The summed E-state index contributed by atoms with van der Waals surface area (Å²) in [7, 11) is 1.23. The van der Waals surface area contributed by atoms with Gasteiger partial charge in [-0.3, -0.25) is 4.79 Å². The largest absolute Gasteiger partial charge is 0.469 e. The molecule has 1 N–H and O–H groups in total. The lowest BCUT2D eigenvalue weighted by molar-refractivity contribution is -0.148. The molecule has 0 radical (unpaired) electrons. The lowest BCUT2D eigenvalue weighted by Crippen LogP contribution is -2.45. The molecular weight excluding hydrogens is 392 g/mol. The normalized spacial score (nSPS) is 11.5. The molecule has 10 heteroatoms. The van der Waals surface area contributed by atoms with Crippen molar-refractivity contribution in [1.82, 2.24) is 20.5 Å². The summed E-state index contributed by atoms with van der Waals surface area (Å²) >= 11 is 0. The van der Waals surface area contributed by atoms with Crippen LogP contribution in [0.3, 0.4) is 0 Å². The molecule has 0 unspecified atom stereocenters. The summed E-state index contributed by atoms with van der Waals surface area (Å²) < 4.78 is 9.73. The summed E-state index contributed by atoms with van der Waals surface area (Å²) in [6.07, 6.45) is -0.972. The van der Waals surface area contributed by atoms with Gasteiger partial charge >= 0.3 is 18.0 Å². The van der Waals surface area contributed by atoms with Crippen LogP contribution in [-0.4, -0.2) is 46.3 Å². The van der Waals surface area contributed by atoms with E-state index in [0.29, 0.717) is 11.0 Å². The van der Waals surface area contributed by atoms with Crippen LogP contribution in [0.15, 0.2) is 54.6 Å². The van der Waals surface area contributed by atoms with Gasteiger partial charge < -0.3 is 19.6 Å². The number of aromatic nitrogens is 3. The molecule has 1 aromatic heterocycles. The van der Waals surface area contributed by atoms with Crippen LogP contribution < -0.4 is 10.2 Å². The van der Waals surface area contributed by atoms with Gasteiger partial charge in [-0.05, 0) is 29.3 Å². The average Bonchev–Trinajstić information content (AvgIpc) is 3.18. The lowest BCUT2D eigenvalue weighted by atomic mass is 10.1. The van der Waals surface area contributed by atoms with Crippen LogP contribution >= 0.6 is 0 Å². The van der Waals surface area contributed by atoms with Crippen LogP contribution in [0.1, 0.15) is 18.4 Å². The van der Waals surface area contributed by atoms with Gasteiger partial charge in [-0.2, -0.15) is 0 Å². The molecule has 0 saturated heterocycles. The standard InChI is InChI=1S/C20H20N4O6/c1-28-18(25)12-11-16(21-20(27)29-13-14-7-3-2-4-8-14)19(26)30-24-17-10-6-5-9-15(17)22-23-24/h2-10,16H,11-13H2,1H3,(H,21,27)/t16-/m0/s1. The highest BCUT2D eigenvalue weighted by Crippen LogP contribution is 2.09. The quantitative estimate of drug-likeness (QED) is 0.438. The van der Waals surface area contributed by atoms with Crippen LogP contribution in [-0.2, 0) is 25.7 Å². The Bertz CT molecular complexity index is 1020. The van der Waals surface area contributed by atoms with Gasteiger partial charge in [0, 0.05) is 6.42 Å². The molecule has 0 aliphatic rings. The van der Waals surface area contributed by atoms with E-state index >= 15 is 0 Å². The van der Waals surface area contributed by atoms with Crippen molar-refractivity contribution in [3.05, 3.63) is 60.2 Å². The Labute approximate surface area is 171 Å². The van der Waals surface area contributed by atoms with Crippen molar-refractivity contribution < 1.29 is 28.7 Å². The van der Waals surface area contributed by atoms with E-state index in [0.717, 1.165) is 10.4 Å². The number of rotatable bonds is 8. The number of para-hydroxylation sites is 1. The molecule has 156 valence electrons. The van der Waals surface area contributed by atoms with Crippen molar-refractivity contribution in [2.75, 3.05) is 7.11 Å². The number of nitrogens with zero attached hydrogens (tertiary/aromatic N) is 3. The van der Waals surface area contributed by atoms with Crippen molar-refractivity contribution in [1.29, 1.82) is 0 Å². The van der Waals surface area contributed by atoms with E-state index < -0.39 is 24.1 Å². The minimum absolute atomic E-state index is 0.0269. The topological polar surface area (TPSA) is 122 Å². The van der Waals surface area contributed by atoms with Gasteiger partial charge in [0.15, 0.2) is 0 Å². The maximum atomic E-state index is 12.6. The molecule has 3 rings (SSSR count). The van der Waals surface area contributed by atoms with Gasteiger partial charge in [-0.1, -0.05) is 47.3 Å². The predicted molar refractivity (Wildman–Crippen MR) is 104 cm³/mol. The second-order valence-corrected chi connectivity index (χ2v) is 6.23. The smallest absolute Gasteiger partial charge is 0.408 e. The highest BCUT2D eigenvalue weighted by molar-refractivity contribution is 5.83. The van der Waals surface area contributed by atoms with Crippen LogP contribution in [0.5, 0.6) is 0 Å². The number of amides is 1. The first kappa shape index (κ1) is 20.8. The molecule has 0 spiro atoms. The Morgan fingerprint density at radius 1 is 1.07 bits per heavy atom. The van der Waals surface area contributed by atoms with Gasteiger partial charge in [-0.15, -0.1) is 5.10 Å². The molecule has 0 fully saturated rings. The monoisotopic (exact) mass is 412 g/mol. The van der Waals surface area contributed by atoms with Crippen molar-refractivity contribution in [3.8, 4) is 0 Å². The first-order valence-electron chi connectivity index (χ1n) is 9.13. The number of esters is 1. The number of carbonyl (C=O) groups is 3. The fourth-order valence-corrected chi connectivity index (χ4v) is 2.58. The zero-order valence-corrected chi connectivity index (χ0v) is 16.2. The molecular formula is C20H20N4O6. The molecule has 2 aromatic carbocycles. The number of nitrogens with one attached hydrogen (secondary N) is 1. The third kappa shape index (κ3) is 5.53. The van der Waals surface area contributed by atoms with Crippen molar-refractivity contribution in [2.45, 2.75) is 25.5 Å². The number of alkyl carbamates (subject to hydrolysis) is 1. The lowest BCUT2D eigenvalue weighted by Gasteiger charge is -2.16. The Morgan fingerprint density at radius 2 is 1.80 bits per heavy atom. The number of hydrogen-bond donors (Lipinski definition) is 1. The second-order valence-electron chi connectivity index (χ2n) is 6.23. The Hall–Kier alpha value is -3.95. The highest BCUT2D eigenvalue weighted by atomic mass is 16.7. The van der Waals surface area contributed by atoms with Gasteiger partial charge in [0.05, 0.1) is 7.11 Å². The molecule has 10 nitrogen and oxygen atoms in total. The van der Waals surface area contributed by atoms with Gasteiger partial charge in [0.1, 0.15) is 23.7 Å². The number of benzene rings is 2. The minimum atomic E-state index is -1.16. The fraction of sp³-hybridized carbons (Fsp3) is 0.250. The second kappa shape index (κ2) is 10.0. The first-order valence-corrected chi connectivity index (χ1v) is 9.13. The van der Waals surface area contributed by atoms with Crippen LogP contribution in [0.4, 0.5) is 4.79 Å². The SMILES string of the molecule is COC(=O)CC[C@H](NC(=O)OCc1ccccc1)C(=O)On1nnc2ccccc21. The fourth-order valence-electron chi connectivity index (χ4n) is 2.58. The van der Waals surface area contributed by atoms with Gasteiger partial charge in [0.2, 0.25) is 0 Å². The average molecular weight is 412 g/mol. The molecule has 3 aromatic rings. The highest BCUT2D eigenvalue weighted by Gasteiger charge is 2.26. The maximum Gasteiger partial charge on any atom is 0.408 e. The zero-order valence-electron chi connectivity index (χ0n) is 16.2. The third-order valence-corrected chi connectivity index (χ3v) is 4.15. The Kier molecular flexibility index (Phi) is 6.93. The molecule has 1 amide bonds. The number of fused-ring (bicyclic) bond motifs is 1. The van der Waals surface area contributed by atoms with Gasteiger partial charge in [-0.25, -0.2) is 9.59 Å². The zero-order chi connectivity index (χ0) is 21.3. The van der Waals surface area contributed by atoms with E-state index in [-0.39, 0.29) is 19.4 Å². The molecule has 1 atom stereocenters. The van der Waals surface area contributed by atoms with Crippen LogP contribution in [0, 0.1) is 0 Å². The Morgan fingerprint density at radius 3 is 2.57 bits per heavy atom. The molecule has 30 heavy (non-hydrogen) atoms. The van der Waals surface area contributed by atoms with E-state index in [4.69, 9.17) is 9.57 Å². The molecule has 0 aliphatic heterocycles. The summed E-state index contributed by atoms with van der Waals surface area (Å²) in [6.45, 7) is 0.0269. The molecule has 0 bridgehead atoms. The number of ether oxygens (including phenoxy) is 2. The first-order chi connectivity index (χ1) is 14.6. The molecule has 0 saturated carbocycles. The molecule has 1 heterocycles. The van der Waals surface area contributed by atoms with E-state index in [9.17, 15) is 14.4 Å². The summed E-state index contributed by atoms with van der Waals surface area (Å²) in [4.78, 5) is 42.5. The third-order valence-electron chi connectivity index (χ3n) is 4.15. The van der Waals surface area contributed by atoms with Gasteiger partial charge in [0.25, 0.3) is 0 Å². The number of hydrogen-bond acceptors (Lipinski definition) is 8. The number of carbonyl (C=O) groups excluding carboxylic acids is 3. The minimum Gasteiger partial charge on any atom is -0.469 e. The van der Waals surface area contributed by atoms with E-state index in [1.165, 1.54) is 7.11 Å². The summed E-state index contributed by atoms with van der Waals surface area (Å²) in [5.41, 5.74) is 1.80. The van der Waals surface area contributed by atoms with Crippen LogP contribution in [0.2, 0.25) is 0 Å². The maximum absolute atomic E-state index is 12.6. The summed E-state index contributed by atoms with van der Waals surface area (Å²) in [5, 5.41) is 10.1. The van der Waals surface area contributed by atoms with Crippen molar-refractivity contribution in [3.63, 3.8) is 0 Å². The van der Waals surface area contributed by atoms with Crippen molar-refractivity contribution >= 4 is 29.1 Å². The summed E-state index contributed by atoms with van der Waals surface area (Å²) in [6, 6.07) is 14.8. The Balaban J connectivity index is 1.65. The van der Waals surface area contributed by atoms with E-state index in [1.54, 1.807) is 36.4 Å². The van der Waals surface area contributed by atoms with E-state index in [1.807, 2.05) is 18.2 Å². The van der Waals surface area contributed by atoms with Crippen molar-refractivity contribution in [2.24, 2.45) is 0 Å². The summed E-state index contributed by atoms with van der Waals surface area (Å²) in [5.74, 6) is -1.36. The molecule has 0 aliphatic carbocycles. The predicted octanol–water partition coefficient (Wildman–Crippen LogP) is 1.63.